The largest absolute Gasteiger partial charge is 0.352 e. The van der Waals surface area contributed by atoms with E-state index in [9.17, 15) is 18.0 Å². The average Bonchev–Trinajstić information content (AvgIpc) is 3.08. The fraction of sp³-hybridized carbons (Fsp3) is 0.130. The molecule has 2 aromatic carbocycles. The highest BCUT2D eigenvalue weighted by Gasteiger charge is 2.28. The number of rotatable bonds is 7. The highest BCUT2D eigenvalue weighted by Crippen LogP contribution is 2.26. The van der Waals surface area contributed by atoms with Crippen molar-refractivity contribution < 1.29 is 18.0 Å². The molecule has 3 N–H and O–H groups in total. The lowest BCUT2D eigenvalue weighted by atomic mass is 10.1. The molecule has 0 unspecified atom stereocenters. The van der Waals surface area contributed by atoms with Gasteiger partial charge in [-0.25, -0.2) is 0 Å². The number of benzene rings is 2. The van der Waals surface area contributed by atoms with E-state index in [4.69, 9.17) is 0 Å². The summed E-state index contributed by atoms with van der Waals surface area (Å²) in [6, 6.07) is 16.7. The van der Waals surface area contributed by atoms with E-state index < -0.39 is 10.0 Å². The number of aromatic nitrogens is 1. The number of amides is 2. The number of carbonyl (C=O) groups is 2. The van der Waals surface area contributed by atoms with E-state index in [1.807, 2.05) is 12.1 Å². The van der Waals surface area contributed by atoms with Crippen molar-refractivity contribution in [1.82, 2.24) is 15.6 Å². The van der Waals surface area contributed by atoms with Gasteiger partial charge in [0.2, 0.25) is 5.91 Å². The van der Waals surface area contributed by atoms with E-state index >= 15 is 0 Å². The molecule has 0 radical (unpaired) electrons. The molecule has 4 rings (SSSR count). The third-order valence-electron chi connectivity index (χ3n) is 4.92. The third kappa shape index (κ3) is 5.42. The Kier molecular flexibility index (Phi) is 6.45. The Bertz CT molecular complexity index is 1310. The van der Waals surface area contributed by atoms with Gasteiger partial charge in [-0.05, 0) is 54.1 Å². The summed E-state index contributed by atoms with van der Waals surface area (Å²) in [6.07, 6.45) is 3.47. The van der Waals surface area contributed by atoms with Crippen molar-refractivity contribution in [3.8, 4) is 0 Å². The number of sulfonamides is 1. The van der Waals surface area contributed by atoms with Crippen LogP contribution in [0.1, 0.15) is 27.9 Å². The van der Waals surface area contributed by atoms with Gasteiger partial charge in [-0.2, -0.15) is 8.42 Å². The molecule has 0 fully saturated rings. The first kappa shape index (κ1) is 22.2. The van der Waals surface area contributed by atoms with Crippen LogP contribution < -0.4 is 16.0 Å². The number of hydrogen-bond acceptors (Lipinski definition) is 6. The van der Waals surface area contributed by atoms with E-state index in [1.165, 1.54) is 6.07 Å². The fourth-order valence-electron chi connectivity index (χ4n) is 3.22. The first-order valence-electron chi connectivity index (χ1n) is 10.2. The zero-order valence-corrected chi connectivity index (χ0v) is 18.3. The Morgan fingerprint density at radius 1 is 0.879 bits per heavy atom. The van der Waals surface area contributed by atoms with Gasteiger partial charge in [0.05, 0.1) is 0 Å². The highest BCUT2D eigenvalue weighted by atomic mass is 32.2. The number of carbonyl (C=O) groups excluding carboxylic acids is 2. The monoisotopic (exact) mass is 463 g/mol. The van der Waals surface area contributed by atoms with Crippen LogP contribution in [-0.4, -0.2) is 37.6 Å². The minimum atomic E-state index is -3.71. The van der Waals surface area contributed by atoms with Crippen LogP contribution in [0.25, 0.3) is 0 Å². The normalized spacial score (nSPS) is 13.5. The SMILES string of the molecule is O=C(CCNC(=O)c1ccc(NC2=NS(=O)(=O)c3ccccc32)cc1)NCc1ccncc1. The second-order valence-electron chi connectivity index (χ2n) is 7.25. The van der Waals surface area contributed by atoms with Gasteiger partial charge in [-0.15, -0.1) is 4.40 Å². The second-order valence-corrected chi connectivity index (χ2v) is 8.82. The Labute approximate surface area is 191 Å². The first-order valence-corrected chi connectivity index (χ1v) is 11.6. The van der Waals surface area contributed by atoms with E-state index in [0.717, 1.165) is 5.56 Å². The van der Waals surface area contributed by atoms with Crippen molar-refractivity contribution in [3.63, 3.8) is 0 Å². The lowest BCUT2D eigenvalue weighted by molar-refractivity contribution is -0.121. The number of anilines is 1. The fourth-order valence-corrected chi connectivity index (χ4v) is 4.39. The van der Waals surface area contributed by atoms with Crippen LogP contribution in [0, 0.1) is 0 Å². The van der Waals surface area contributed by atoms with Crippen LogP contribution in [0.3, 0.4) is 0 Å². The first-order chi connectivity index (χ1) is 15.9. The summed E-state index contributed by atoms with van der Waals surface area (Å²) in [5.41, 5.74) is 2.45. The molecule has 1 aliphatic rings. The molecule has 0 spiro atoms. The molecule has 0 saturated carbocycles. The molecule has 0 saturated heterocycles. The lowest BCUT2D eigenvalue weighted by Gasteiger charge is -2.09. The maximum absolute atomic E-state index is 12.3. The van der Waals surface area contributed by atoms with Crippen LogP contribution in [0.15, 0.2) is 82.4 Å². The van der Waals surface area contributed by atoms with Crippen LogP contribution in [0.2, 0.25) is 0 Å². The second kappa shape index (κ2) is 9.61. The van der Waals surface area contributed by atoms with Gasteiger partial charge < -0.3 is 16.0 Å². The number of fused-ring (bicyclic) bond motifs is 1. The molecule has 2 amide bonds. The molecule has 33 heavy (non-hydrogen) atoms. The van der Waals surface area contributed by atoms with Crippen molar-refractivity contribution in [2.24, 2.45) is 4.40 Å². The molecule has 0 aliphatic carbocycles. The van der Waals surface area contributed by atoms with E-state index in [-0.39, 0.29) is 35.5 Å². The molecular formula is C23H21N5O4S. The summed E-state index contributed by atoms with van der Waals surface area (Å²) in [4.78, 5) is 28.4. The summed E-state index contributed by atoms with van der Waals surface area (Å²) >= 11 is 0. The number of nitrogens with zero attached hydrogens (tertiary/aromatic N) is 2. The minimum Gasteiger partial charge on any atom is -0.352 e. The summed E-state index contributed by atoms with van der Waals surface area (Å²) in [5, 5.41) is 8.48. The topological polar surface area (TPSA) is 130 Å². The quantitative estimate of drug-likeness (QED) is 0.492. The van der Waals surface area contributed by atoms with Crippen LogP contribution >= 0.6 is 0 Å². The van der Waals surface area contributed by atoms with E-state index in [2.05, 4.69) is 25.3 Å². The number of amidine groups is 1. The van der Waals surface area contributed by atoms with Gasteiger partial charge in [-0.3, -0.25) is 14.6 Å². The molecule has 9 nitrogen and oxygen atoms in total. The predicted octanol–water partition coefficient (Wildman–Crippen LogP) is 2.08. The zero-order chi connectivity index (χ0) is 23.3. The molecule has 2 heterocycles. The molecular weight excluding hydrogens is 442 g/mol. The smallest absolute Gasteiger partial charge is 0.285 e. The van der Waals surface area contributed by atoms with Crippen LogP contribution in [-0.2, 0) is 21.4 Å². The molecule has 168 valence electrons. The van der Waals surface area contributed by atoms with Crippen LogP contribution in [0.4, 0.5) is 5.69 Å². The van der Waals surface area contributed by atoms with Gasteiger partial charge >= 0.3 is 0 Å². The number of hydrogen-bond donors (Lipinski definition) is 3. The number of pyridine rings is 1. The Morgan fingerprint density at radius 2 is 1.61 bits per heavy atom. The van der Waals surface area contributed by atoms with Gasteiger partial charge in [0, 0.05) is 48.7 Å². The minimum absolute atomic E-state index is 0.157. The number of nitrogens with one attached hydrogen (secondary N) is 3. The summed E-state index contributed by atoms with van der Waals surface area (Å²) in [5.74, 6) is -0.241. The summed E-state index contributed by atoms with van der Waals surface area (Å²) < 4.78 is 28.1. The molecule has 0 bridgehead atoms. The van der Waals surface area contributed by atoms with E-state index in [0.29, 0.717) is 23.4 Å². The summed E-state index contributed by atoms with van der Waals surface area (Å²) in [7, 11) is -3.71. The molecule has 1 aromatic heterocycles. The maximum atomic E-state index is 12.3. The van der Waals surface area contributed by atoms with Crippen molar-refractivity contribution in [2.75, 3.05) is 11.9 Å². The Morgan fingerprint density at radius 3 is 2.36 bits per heavy atom. The van der Waals surface area contributed by atoms with Crippen molar-refractivity contribution in [2.45, 2.75) is 17.9 Å². The van der Waals surface area contributed by atoms with Gasteiger partial charge in [-0.1, -0.05) is 12.1 Å². The predicted molar refractivity (Wildman–Crippen MR) is 123 cm³/mol. The van der Waals surface area contributed by atoms with E-state index in [1.54, 1.807) is 54.9 Å². The molecule has 10 heteroatoms. The van der Waals surface area contributed by atoms with Gasteiger partial charge in [0.25, 0.3) is 15.9 Å². The van der Waals surface area contributed by atoms with Crippen molar-refractivity contribution in [1.29, 1.82) is 0 Å². The Balaban J connectivity index is 1.27. The Hall–Kier alpha value is -4.05. The zero-order valence-electron chi connectivity index (χ0n) is 17.5. The van der Waals surface area contributed by atoms with Crippen LogP contribution in [0.5, 0.6) is 0 Å². The molecule has 0 atom stereocenters. The highest BCUT2D eigenvalue weighted by molar-refractivity contribution is 7.90. The van der Waals surface area contributed by atoms with Crippen molar-refractivity contribution >= 4 is 33.4 Å². The molecule has 1 aliphatic heterocycles. The van der Waals surface area contributed by atoms with Gasteiger partial charge in [0.1, 0.15) is 4.90 Å². The third-order valence-corrected chi connectivity index (χ3v) is 6.25. The maximum Gasteiger partial charge on any atom is 0.285 e. The average molecular weight is 464 g/mol. The standard InChI is InChI=1S/C23H21N5O4S/c29-21(26-15-16-9-12-24-13-10-16)11-14-25-23(30)17-5-7-18(8-6-17)27-22-19-3-1-2-4-20(19)33(31,32)28-22/h1-10,12-13H,11,14-15H2,(H,25,30)(H,26,29)(H,27,28). The molecule has 3 aromatic rings. The van der Waals surface area contributed by atoms with Gasteiger partial charge in [0.15, 0.2) is 5.84 Å². The summed E-state index contributed by atoms with van der Waals surface area (Å²) in [6.45, 7) is 0.604. The lowest BCUT2D eigenvalue weighted by Crippen LogP contribution is -2.30. The van der Waals surface area contributed by atoms with Crippen molar-refractivity contribution in [3.05, 3.63) is 89.7 Å².